The van der Waals surface area contributed by atoms with E-state index < -0.39 is 32.8 Å². The summed E-state index contributed by atoms with van der Waals surface area (Å²) in [7, 11) is -2.84. The van der Waals surface area contributed by atoms with E-state index in [0.29, 0.717) is 24.5 Å². The first-order valence-electron chi connectivity index (χ1n) is 9.66. The van der Waals surface area contributed by atoms with Crippen LogP contribution in [0.3, 0.4) is 0 Å². The van der Waals surface area contributed by atoms with Gasteiger partial charge < -0.3 is 4.74 Å². The highest BCUT2D eigenvalue weighted by Gasteiger charge is 2.43. The van der Waals surface area contributed by atoms with Gasteiger partial charge in [0.2, 0.25) is 0 Å². The van der Waals surface area contributed by atoms with Gasteiger partial charge in [-0.25, -0.2) is 13.0 Å². The average molecular weight is 535 g/mol. The lowest BCUT2D eigenvalue weighted by atomic mass is 9.94. The number of ether oxygens (including phenoxy) is 1. The van der Waals surface area contributed by atoms with Crippen LogP contribution in [0.2, 0.25) is 0 Å². The number of nitrogens with zero attached hydrogens (tertiary/aromatic N) is 3. The number of rotatable bonds is 3. The molecular formula is C20H27FIN3O3S. The molecule has 0 amide bonds. The predicted molar refractivity (Wildman–Crippen MR) is 121 cm³/mol. The van der Waals surface area contributed by atoms with E-state index in [2.05, 4.69) is 27.0 Å². The molecule has 0 radical (unpaired) electrons. The Morgan fingerprint density at radius 1 is 1.38 bits per heavy atom. The zero-order valence-corrected chi connectivity index (χ0v) is 20.2. The van der Waals surface area contributed by atoms with Crippen LogP contribution in [0.1, 0.15) is 52.5 Å². The van der Waals surface area contributed by atoms with Crippen LogP contribution >= 0.6 is 22.6 Å². The van der Waals surface area contributed by atoms with Gasteiger partial charge in [0.1, 0.15) is 39.1 Å². The maximum atomic E-state index is 14.7. The Bertz CT molecular complexity index is 966. The number of esters is 1. The fraction of sp³-hybridized carbons (Fsp3) is 0.600. The molecule has 2 atom stereocenters. The van der Waals surface area contributed by atoms with E-state index in [4.69, 9.17) is 9.73 Å². The molecule has 3 rings (SSSR count). The monoisotopic (exact) mass is 535 g/mol. The standard InChI is InChI=1S/C20H27FIN3O3S/c1-19(2,3)28-18(26)12-17-24-20(4,15-11-14(22)7-8-16(15)21)13-29(27)23-9-5-6-10-25(17)29/h7-8,11H,5-6,9-10,12-13H2,1-4H3/t20-,29+/m0/s1. The van der Waals surface area contributed by atoms with Crippen molar-refractivity contribution in [2.45, 2.75) is 58.1 Å². The number of hydrogen-bond donors (Lipinski definition) is 0. The third-order valence-electron chi connectivity index (χ3n) is 4.77. The topological polar surface area (TPSA) is 71.3 Å². The maximum Gasteiger partial charge on any atom is 0.313 e. The molecular weight excluding hydrogens is 508 g/mol. The molecule has 29 heavy (non-hydrogen) atoms. The molecule has 160 valence electrons. The summed E-state index contributed by atoms with van der Waals surface area (Å²) >= 11 is 2.12. The second kappa shape index (κ2) is 8.13. The summed E-state index contributed by atoms with van der Waals surface area (Å²) < 4.78 is 41.1. The van der Waals surface area contributed by atoms with Crippen molar-refractivity contribution >= 4 is 44.3 Å². The van der Waals surface area contributed by atoms with Gasteiger partial charge in [-0.3, -0.25) is 14.1 Å². The number of benzene rings is 1. The third-order valence-corrected chi connectivity index (χ3v) is 8.05. The fourth-order valence-electron chi connectivity index (χ4n) is 3.63. The van der Waals surface area contributed by atoms with Crippen LogP contribution in [-0.2, 0) is 25.0 Å². The van der Waals surface area contributed by atoms with Crippen molar-refractivity contribution in [2.75, 3.05) is 18.8 Å². The minimum Gasteiger partial charge on any atom is -0.460 e. The fourth-order valence-corrected chi connectivity index (χ4v) is 6.72. The normalized spacial score (nSPS) is 27.4. The molecule has 2 aliphatic rings. The van der Waals surface area contributed by atoms with E-state index in [1.807, 2.05) is 0 Å². The number of fused-ring (bicyclic) bond motifs is 1. The zero-order chi connectivity index (χ0) is 21.4. The largest absolute Gasteiger partial charge is 0.460 e. The first-order valence-corrected chi connectivity index (χ1v) is 12.4. The first kappa shape index (κ1) is 22.5. The van der Waals surface area contributed by atoms with Crippen LogP contribution < -0.4 is 0 Å². The Morgan fingerprint density at radius 3 is 2.79 bits per heavy atom. The number of amidine groups is 1. The molecule has 0 fully saturated rings. The number of halogens is 2. The lowest BCUT2D eigenvalue weighted by molar-refractivity contribution is -0.153. The second-order valence-electron chi connectivity index (χ2n) is 8.60. The molecule has 2 heterocycles. The van der Waals surface area contributed by atoms with Gasteiger partial charge in [0.05, 0.1) is 12.3 Å². The van der Waals surface area contributed by atoms with Crippen molar-refractivity contribution in [1.29, 1.82) is 0 Å². The number of carbonyl (C=O) groups excluding carboxylic acids is 1. The Morgan fingerprint density at radius 2 is 2.10 bits per heavy atom. The highest BCUT2D eigenvalue weighted by Crippen LogP contribution is 2.37. The molecule has 0 saturated carbocycles. The first-order chi connectivity index (χ1) is 13.4. The number of aliphatic imine (C=N–C) groups is 1. The molecule has 0 N–H and O–H groups in total. The second-order valence-corrected chi connectivity index (χ2v) is 12.0. The molecule has 6 nitrogen and oxygen atoms in total. The van der Waals surface area contributed by atoms with Crippen LogP contribution in [0, 0.1) is 9.39 Å². The van der Waals surface area contributed by atoms with Crippen molar-refractivity contribution < 1.29 is 18.1 Å². The van der Waals surface area contributed by atoms with Gasteiger partial charge in [0.25, 0.3) is 0 Å². The van der Waals surface area contributed by atoms with Gasteiger partial charge in [0, 0.05) is 15.7 Å². The van der Waals surface area contributed by atoms with E-state index in [0.717, 1.165) is 16.4 Å². The third kappa shape index (κ3) is 5.10. The number of hydrogen-bond acceptors (Lipinski definition) is 5. The van der Waals surface area contributed by atoms with E-state index >= 15 is 0 Å². The van der Waals surface area contributed by atoms with Gasteiger partial charge in [0.15, 0.2) is 0 Å². The predicted octanol–water partition coefficient (Wildman–Crippen LogP) is 4.27. The van der Waals surface area contributed by atoms with Gasteiger partial charge >= 0.3 is 5.97 Å². The molecule has 9 heteroatoms. The van der Waals surface area contributed by atoms with Crippen molar-refractivity contribution in [3.63, 3.8) is 0 Å². The molecule has 0 aromatic heterocycles. The Labute approximate surface area is 185 Å². The van der Waals surface area contributed by atoms with Crippen LogP contribution in [0.5, 0.6) is 0 Å². The van der Waals surface area contributed by atoms with Crippen molar-refractivity contribution in [3.05, 3.63) is 33.1 Å². The Balaban J connectivity index is 2.10. The summed E-state index contributed by atoms with van der Waals surface area (Å²) in [6.07, 6.45) is 1.51. The summed E-state index contributed by atoms with van der Waals surface area (Å²) in [5.41, 5.74) is -1.35. The summed E-state index contributed by atoms with van der Waals surface area (Å²) in [6.45, 7) is 8.14. The summed E-state index contributed by atoms with van der Waals surface area (Å²) in [5, 5.41) is 0. The van der Waals surface area contributed by atoms with E-state index in [1.54, 1.807) is 44.1 Å². The minimum atomic E-state index is -2.84. The minimum absolute atomic E-state index is 0.0921. The molecule has 0 aliphatic carbocycles. The lowest BCUT2D eigenvalue weighted by Crippen LogP contribution is -2.50. The van der Waals surface area contributed by atoms with Crippen molar-refractivity contribution in [3.8, 4) is 0 Å². The summed E-state index contributed by atoms with van der Waals surface area (Å²) in [5.74, 6) is -0.399. The van der Waals surface area contributed by atoms with Gasteiger partial charge in [-0.1, -0.05) is 0 Å². The SMILES string of the molecule is CC(C)(C)OC(=O)CC1=N[C@](C)(c2cc(I)ccc2F)C[S@@]2(=O)=NCCCCN12. The van der Waals surface area contributed by atoms with Crippen LogP contribution in [-0.4, -0.2) is 44.8 Å². The van der Waals surface area contributed by atoms with E-state index in [-0.39, 0.29) is 12.2 Å². The maximum absolute atomic E-state index is 14.7. The molecule has 0 saturated heterocycles. The molecule has 2 aliphatic heterocycles. The molecule has 0 unspecified atom stereocenters. The van der Waals surface area contributed by atoms with E-state index in [9.17, 15) is 13.4 Å². The summed E-state index contributed by atoms with van der Waals surface area (Å²) in [4.78, 5) is 17.3. The lowest BCUT2D eigenvalue weighted by Gasteiger charge is -2.40. The van der Waals surface area contributed by atoms with Gasteiger partial charge in [-0.05, 0) is 81.3 Å². The summed E-state index contributed by atoms with van der Waals surface area (Å²) in [6, 6.07) is 4.80. The van der Waals surface area contributed by atoms with Crippen molar-refractivity contribution in [1.82, 2.24) is 4.31 Å². The average Bonchev–Trinajstić information content (AvgIpc) is 2.76. The highest BCUT2D eigenvalue weighted by atomic mass is 127. The van der Waals surface area contributed by atoms with Gasteiger partial charge in [-0.2, -0.15) is 0 Å². The number of carbonyl (C=O) groups is 1. The molecule has 1 aromatic carbocycles. The van der Waals surface area contributed by atoms with Crippen LogP contribution in [0.4, 0.5) is 4.39 Å². The molecule has 0 spiro atoms. The van der Waals surface area contributed by atoms with E-state index in [1.165, 1.54) is 6.07 Å². The highest BCUT2D eigenvalue weighted by molar-refractivity contribution is 14.1. The van der Waals surface area contributed by atoms with Crippen molar-refractivity contribution in [2.24, 2.45) is 9.36 Å². The Hall–Kier alpha value is -1.23. The Kier molecular flexibility index (Phi) is 6.29. The van der Waals surface area contributed by atoms with Gasteiger partial charge in [-0.15, -0.1) is 0 Å². The van der Waals surface area contributed by atoms with Crippen LogP contribution in [0.25, 0.3) is 0 Å². The molecule has 1 aromatic rings. The van der Waals surface area contributed by atoms with Crippen LogP contribution in [0.15, 0.2) is 27.6 Å². The zero-order valence-electron chi connectivity index (χ0n) is 17.2. The quantitative estimate of drug-likeness (QED) is 0.429. The smallest absolute Gasteiger partial charge is 0.313 e. The molecule has 0 bridgehead atoms.